The third kappa shape index (κ3) is 5.72. The predicted octanol–water partition coefficient (Wildman–Crippen LogP) is 3.02. The molecule has 1 amide bonds. The number of hydrogen-bond acceptors (Lipinski definition) is 4. The first-order chi connectivity index (χ1) is 9.04. The van der Waals surface area contributed by atoms with Gasteiger partial charge in [0.1, 0.15) is 0 Å². The second-order valence-corrected chi connectivity index (χ2v) is 5.97. The molecule has 0 bridgehead atoms. The summed E-state index contributed by atoms with van der Waals surface area (Å²) in [6, 6.07) is 5.02. The number of nitrogens with two attached hydrogens (primary N) is 1. The summed E-state index contributed by atoms with van der Waals surface area (Å²) in [5.74, 6) is 0.829. The summed E-state index contributed by atoms with van der Waals surface area (Å²) < 4.78 is 4.96. The molecular formula is C13H19ClN2O2S. The van der Waals surface area contributed by atoms with Crippen LogP contribution in [0.3, 0.4) is 0 Å². The largest absolute Gasteiger partial charge is 0.397 e. The number of hydrogen-bond donors (Lipinski definition) is 2. The molecular weight excluding hydrogens is 284 g/mol. The van der Waals surface area contributed by atoms with Crippen molar-refractivity contribution in [2.24, 2.45) is 0 Å². The van der Waals surface area contributed by atoms with Gasteiger partial charge < -0.3 is 15.8 Å². The highest BCUT2D eigenvalue weighted by Crippen LogP contribution is 2.23. The summed E-state index contributed by atoms with van der Waals surface area (Å²) in [5, 5.41) is 3.22. The smallest absolute Gasteiger partial charge is 0.237 e. The Bertz CT molecular complexity index is 429. The van der Waals surface area contributed by atoms with Crippen molar-refractivity contribution in [3.63, 3.8) is 0 Å². The number of benzene rings is 1. The zero-order valence-corrected chi connectivity index (χ0v) is 12.7. The highest BCUT2D eigenvalue weighted by Gasteiger charge is 2.14. The van der Waals surface area contributed by atoms with Gasteiger partial charge in [-0.25, -0.2) is 0 Å². The maximum absolute atomic E-state index is 12.0. The van der Waals surface area contributed by atoms with E-state index >= 15 is 0 Å². The molecule has 0 saturated carbocycles. The van der Waals surface area contributed by atoms with Crippen LogP contribution in [0.2, 0.25) is 5.02 Å². The molecule has 0 aromatic heterocycles. The van der Waals surface area contributed by atoms with Crippen molar-refractivity contribution in [1.82, 2.24) is 0 Å². The van der Waals surface area contributed by atoms with E-state index < -0.39 is 0 Å². The van der Waals surface area contributed by atoms with Crippen LogP contribution in [0.1, 0.15) is 13.3 Å². The Morgan fingerprint density at radius 3 is 2.95 bits per heavy atom. The topological polar surface area (TPSA) is 64.3 Å². The second kappa shape index (κ2) is 8.30. The number of anilines is 2. The molecule has 1 unspecified atom stereocenters. The molecule has 19 heavy (non-hydrogen) atoms. The molecule has 3 N–H and O–H groups in total. The van der Waals surface area contributed by atoms with E-state index in [9.17, 15) is 4.79 Å². The molecule has 0 aliphatic heterocycles. The Labute approximate surface area is 123 Å². The summed E-state index contributed by atoms with van der Waals surface area (Å²) in [6.45, 7) is 2.59. The van der Waals surface area contributed by atoms with Gasteiger partial charge in [-0.3, -0.25) is 4.79 Å². The fraction of sp³-hybridized carbons (Fsp3) is 0.462. The van der Waals surface area contributed by atoms with Crippen molar-refractivity contribution < 1.29 is 9.53 Å². The minimum Gasteiger partial charge on any atom is -0.397 e. The van der Waals surface area contributed by atoms with Crippen LogP contribution < -0.4 is 11.1 Å². The quantitative estimate of drug-likeness (QED) is 0.600. The number of methoxy groups -OCH3 is 1. The Hall–Kier alpha value is -0.910. The molecule has 106 valence electrons. The van der Waals surface area contributed by atoms with E-state index in [1.807, 2.05) is 6.92 Å². The van der Waals surface area contributed by atoms with Gasteiger partial charge in [0.2, 0.25) is 5.91 Å². The fourth-order valence-corrected chi connectivity index (χ4v) is 2.45. The van der Waals surface area contributed by atoms with E-state index in [1.54, 1.807) is 37.1 Å². The maximum atomic E-state index is 12.0. The van der Waals surface area contributed by atoms with Crippen molar-refractivity contribution in [3.8, 4) is 0 Å². The third-order valence-electron chi connectivity index (χ3n) is 2.50. The zero-order chi connectivity index (χ0) is 14.3. The molecule has 0 aliphatic carbocycles. The predicted molar refractivity (Wildman–Crippen MR) is 82.9 cm³/mol. The van der Waals surface area contributed by atoms with Gasteiger partial charge in [-0.2, -0.15) is 0 Å². The summed E-state index contributed by atoms with van der Waals surface area (Å²) in [6.07, 6.45) is 0.932. The molecule has 0 heterocycles. The lowest BCUT2D eigenvalue weighted by atomic mass is 10.2. The number of thioether (sulfide) groups is 1. The SMILES string of the molecule is COCCCSC(C)C(=O)Nc1ccc(Cl)cc1N. The van der Waals surface area contributed by atoms with E-state index in [1.165, 1.54) is 0 Å². The molecule has 6 heteroatoms. The molecule has 1 aromatic rings. The second-order valence-electron chi connectivity index (χ2n) is 4.08. The average molecular weight is 303 g/mol. The van der Waals surface area contributed by atoms with E-state index in [0.717, 1.165) is 12.2 Å². The minimum atomic E-state index is -0.132. The van der Waals surface area contributed by atoms with Crippen molar-refractivity contribution in [2.45, 2.75) is 18.6 Å². The van der Waals surface area contributed by atoms with Crippen LogP contribution >= 0.6 is 23.4 Å². The number of amides is 1. The van der Waals surface area contributed by atoms with Gasteiger partial charge >= 0.3 is 0 Å². The summed E-state index contributed by atoms with van der Waals surface area (Å²) in [4.78, 5) is 12.0. The van der Waals surface area contributed by atoms with Gasteiger partial charge in [0.25, 0.3) is 0 Å². The van der Waals surface area contributed by atoms with Crippen LogP contribution in [-0.2, 0) is 9.53 Å². The van der Waals surface area contributed by atoms with E-state index in [2.05, 4.69) is 5.32 Å². The zero-order valence-electron chi connectivity index (χ0n) is 11.1. The van der Waals surface area contributed by atoms with Crippen LogP contribution in [0.15, 0.2) is 18.2 Å². The van der Waals surface area contributed by atoms with Gasteiger partial charge in [-0.15, -0.1) is 11.8 Å². The van der Waals surface area contributed by atoms with Crippen LogP contribution in [0.25, 0.3) is 0 Å². The first-order valence-corrected chi connectivity index (χ1v) is 7.43. The Morgan fingerprint density at radius 1 is 1.58 bits per heavy atom. The minimum absolute atomic E-state index is 0.0589. The number of nitrogens with one attached hydrogen (secondary N) is 1. The molecule has 0 spiro atoms. The number of ether oxygens (including phenoxy) is 1. The summed E-state index contributed by atoms with van der Waals surface area (Å²) >= 11 is 7.40. The molecule has 0 saturated heterocycles. The molecule has 0 fully saturated rings. The number of rotatable bonds is 7. The number of nitrogen functional groups attached to an aromatic ring is 1. The van der Waals surface area contributed by atoms with Crippen molar-refractivity contribution in [1.29, 1.82) is 0 Å². The van der Waals surface area contributed by atoms with Crippen molar-refractivity contribution in [2.75, 3.05) is 30.5 Å². The van der Waals surface area contributed by atoms with E-state index in [-0.39, 0.29) is 11.2 Å². The third-order valence-corrected chi connectivity index (χ3v) is 3.97. The maximum Gasteiger partial charge on any atom is 0.237 e. The number of halogens is 1. The Morgan fingerprint density at radius 2 is 2.32 bits per heavy atom. The normalized spacial score (nSPS) is 12.2. The van der Waals surface area contributed by atoms with Crippen LogP contribution in [-0.4, -0.2) is 30.6 Å². The van der Waals surface area contributed by atoms with Crippen LogP contribution in [0.5, 0.6) is 0 Å². The molecule has 1 rings (SSSR count). The Kier molecular flexibility index (Phi) is 7.05. The summed E-state index contributed by atoms with van der Waals surface area (Å²) in [7, 11) is 1.67. The van der Waals surface area contributed by atoms with Crippen LogP contribution in [0.4, 0.5) is 11.4 Å². The highest BCUT2D eigenvalue weighted by atomic mass is 35.5. The van der Waals surface area contributed by atoms with Gasteiger partial charge in [0.05, 0.1) is 16.6 Å². The first kappa shape index (κ1) is 16.1. The number of carbonyl (C=O) groups is 1. The highest BCUT2D eigenvalue weighted by molar-refractivity contribution is 8.00. The molecule has 0 aliphatic rings. The van der Waals surface area contributed by atoms with Gasteiger partial charge in [0, 0.05) is 18.7 Å². The van der Waals surface area contributed by atoms with E-state index in [4.69, 9.17) is 22.1 Å². The summed E-state index contributed by atoms with van der Waals surface area (Å²) in [5.41, 5.74) is 6.85. The van der Waals surface area contributed by atoms with Crippen molar-refractivity contribution in [3.05, 3.63) is 23.2 Å². The van der Waals surface area contributed by atoms with E-state index in [0.29, 0.717) is 23.0 Å². The average Bonchev–Trinajstić information content (AvgIpc) is 2.37. The van der Waals surface area contributed by atoms with Gasteiger partial charge in [0.15, 0.2) is 0 Å². The lowest BCUT2D eigenvalue weighted by Gasteiger charge is -2.13. The van der Waals surface area contributed by atoms with Crippen molar-refractivity contribution >= 4 is 40.6 Å². The fourth-order valence-electron chi connectivity index (χ4n) is 1.42. The lowest BCUT2D eigenvalue weighted by Crippen LogP contribution is -2.23. The van der Waals surface area contributed by atoms with Crippen LogP contribution in [0, 0.1) is 0 Å². The van der Waals surface area contributed by atoms with Gasteiger partial charge in [-0.1, -0.05) is 11.6 Å². The molecule has 1 aromatic carbocycles. The molecule has 4 nitrogen and oxygen atoms in total. The monoisotopic (exact) mass is 302 g/mol. The Balaban J connectivity index is 2.45. The van der Waals surface area contributed by atoms with Gasteiger partial charge in [-0.05, 0) is 37.3 Å². The molecule has 1 atom stereocenters. The molecule has 0 radical (unpaired) electrons. The standard InChI is InChI=1S/C13H19ClN2O2S/c1-9(19-7-3-6-18-2)13(17)16-12-5-4-10(14)8-11(12)15/h4-5,8-9H,3,6-7,15H2,1-2H3,(H,16,17). The first-order valence-electron chi connectivity index (χ1n) is 6.01. The lowest BCUT2D eigenvalue weighted by molar-refractivity contribution is -0.115. The number of carbonyl (C=O) groups excluding carboxylic acids is 1.